The van der Waals surface area contributed by atoms with Crippen molar-refractivity contribution in [3.8, 4) is 5.75 Å². The minimum atomic E-state index is -0.374. The van der Waals surface area contributed by atoms with E-state index >= 15 is 0 Å². The molecule has 1 unspecified atom stereocenters. The van der Waals surface area contributed by atoms with E-state index in [0.29, 0.717) is 37.5 Å². The van der Waals surface area contributed by atoms with E-state index in [4.69, 9.17) is 39.5 Å². The largest absolute Gasteiger partial charge is 0.481 e. The van der Waals surface area contributed by atoms with Crippen LogP contribution in [0.5, 0.6) is 5.75 Å². The van der Waals surface area contributed by atoms with Crippen molar-refractivity contribution >= 4 is 58.2 Å². The number of benzene rings is 2. The van der Waals surface area contributed by atoms with Crippen molar-refractivity contribution in [2.75, 3.05) is 11.1 Å². The highest BCUT2D eigenvalue weighted by molar-refractivity contribution is 7.99. The van der Waals surface area contributed by atoms with E-state index in [9.17, 15) is 4.79 Å². The number of thioether (sulfide) groups is 1. The third-order valence-electron chi connectivity index (χ3n) is 4.16. The maximum Gasteiger partial charge on any atom is 0.234 e. The quantitative estimate of drug-likeness (QED) is 0.418. The summed E-state index contributed by atoms with van der Waals surface area (Å²) in [5, 5.41) is 13.1. The van der Waals surface area contributed by atoms with Crippen LogP contribution in [0, 0.1) is 6.92 Å². The number of ether oxygens (including phenoxy) is 1. The molecule has 1 heterocycles. The summed E-state index contributed by atoms with van der Waals surface area (Å²) in [6.45, 7) is 3.84. The Morgan fingerprint density at radius 1 is 1.13 bits per heavy atom. The Balaban J connectivity index is 1.61. The van der Waals surface area contributed by atoms with Gasteiger partial charge in [0.15, 0.2) is 17.1 Å². The monoisotopic (exact) mass is 484 g/mol. The molecule has 0 fully saturated rings. The second-order valence-electron chi connectivity index (χ2n) is 6.56. The Labute approximate surface area is 193 Å². The molecule has 0 spiro atoms. The fourth-order valence-corrected chi connectivity index (χ4v) is 3.83. The highest BCUT2D eigenvalue weighted by Gasteiger charge is 2.19. The van der Waals surface area contributed by atoms with Gasteiger partial charge >= 0.3 is 0 Å². The van der Waals surface area contributed by atoms with Crippen molar-refractivity contribution < 1.29 is 9.53 Å². The van der Waals surface area contributed by atoms with Gasteiger partial charge in [-0.2, -0.15) is 0 Å². The molecule has 0 radical (unpaired) electrons. The number of rotatable bonds is 7. The smallest absolute Gasteiger partial charge is 0.234 e. The number of anilines is 1. The van der Waals surface area contributed by atoms with Gasteiger partial charge in [-0.1, -0.05) is 52.6 Å². The van der Waals surface area contributed by atoms with E-state index in [1.165, 1.54) is 11.8 Å². The first kappa shape index (κ1) is 22.7. The number of halogens is 3. The van der Waals surface area contributed by atoms with Gasteiger partial charge in [0.2, 0.25) is 5.91 Å². The number of aryl methyl sites for hydroxylation is 1. The van der Waals surface area contributed by atoms with Crippen molar-refractivity contribution in [1.82, 2.24) is 14.8 Å². The first-order chi connectivity index (χ1) is 14.2. The van der Waals surface area contributed by atoms with Crippen LogP contribution in [-0.4, -0.2) is 26.4 Å². The predicted octanol–water partition coefficient (Wildman–Crippen LogP) is 5.95. The Morgan fingerprint density at radius 3 is 2.60 bits per heavy atom. The number of nitrogens with zero attached hydrogens (tertiary/aromatic N) is 3. The summed E-state index contributed by atoms with van der Waals surface area (Å²) in [5.74, 6) is 1.17. The zero-order chi connectivity index (χ0) is 21.8. The third kappa shape index (κ3) is 5.60. The van der Waals surface area contributed by atoms with Crippen LogP contribution in [-0.2, 0) is 11.8 Å². The molecule has 0 saturated carbocycles. The molecule has 6 nitrogen and oxygen atoms in total. The normalized spacial score (nSPS) is 11.9. The van der Waals surface area contributed by atoms with Crippen LogP contribution >= 0.6 is 46.6 Å². The maximum absolute atomic E-state index is 12.2. The summed E-state index contributed by atoms with van der Waals surface area (Å²) in [4.78, 5) is 12.2. The number of hydrogen-bond acceptors (Lipinski definition) is 5. The summed E-state index contributed by atoms with van der Waals surface area (Å²) in [6.07, 6.45) is -0.374. The molecule has 10 heteroatoms. The highest BCUT2D eigenvalue weighted by atomic mass is 35.5. The SMILES string of the molecule is Cc1ccc(Cl)c(OC(C)c2nnc(SCC(=O)Nc3ccc(Cl)c(Cl)c3)n2C)c1. The van der Waals surface area contributed by atoms with Crippen molar-refractivity contribution in [1.29, 1.82) is 0 Å². The predicted molar refractivity (Wildman–Crippen MR) is 122 cm³/mol. The van der Waals surface area contributed by atoms with Gasteiger partial charge in [-0.3, -0.25) is 4.79 Å². The molecule has 1 aromatic heterocycles. The number of hydrogen-bond donors (Lipinski definition) is 1. The van der Waals surface area contributed by atoms with Crippen LogP contribution in [0.2, 0.25) is 15.1 Å². The zero-order valence-corrected chi connectivity index (χ0v) is 19.5. The summed E-state index contributed by atoms with van der Waals surface area (Å²) in [6, 6.07) is 10.5. The summed E-state index contributed by atoms with van der Waals surface area (Å²) in [7, 11) is 1.83. The minimum absolute atomic E-state index is 0.158. The molecule has 0 bridgehead atoms. The van der Waals surface area contributed by atoms with Crippen LogP contribution in [0.25, 0.3) is 0 Å². The van der Waals surface area contributed by atoms with E-state index in [0.717, 1.165) is 5.56 Å². The first-order valence-corrected chi connectivity index (χ1v) is 11.1. The first-order valence-electron chi connectivity index (χ1n) is 8.94. The molecule has 3 rings (SSSR count). The molecule has 0 aliphatic rings. The number of amides is 1. The molecule has 0 aliphatic carbocycles. The van der Waals surface area contributed by atoms with Gasteiger partial charge in [-0.15, -0.1) is 10.2 Å². The molecule has 1 N–H and O–H groups in total. The van der Waals surface area contributed by atoms with Crippen LogP contribution in [0.4, 0.5) is 5.69 Å². The summed E-state index contributed by atoms with van der Waals surface area (Å²) >= 11 is 19.3. The van der Waals surface area contributed by atoms with Crippen LogP contribution in [0.1, 0.15) is 24.4 Å². The lowest BCUT2D eigenvalue weighted by Crippen LogP contribution is -2.15. The van der Waals surface area contributed by atoms with E-state index in [2.05, 4.69) is 15.5 Å². The Morgan fingerprint density at radius 2 is 1.87 bits per heavy atom. The van der Waals surface area contributed by atoms with E-state index in [1.54, 1.807) is 28.8 Å². The third-order valence-corrected chi connectivity index (χ3v) is 6.23. The van der Waals surface area contributed by atoms with Crippen LogP contribution < -0.4 is 10.1 Å². The molecule has 3 aromatic rings. The molecular formula is C20H19Cl3N4O2S. The van der Waals surface area contributed by atoms with Gasteiger partial charge in [0.25, 0.3) is 0 Å². The Kier molecular flexibility index (Phi) is 7.52. The zero-order valence-electron chi connectivity index (χ0n) is 16.4. The lowest BCUT2D eigenvalue weighted by molar-refractivity contribution is -0.113. The van der Waals surface area contributed by atoms with Crippen molar-refractivity contribution in [3.63, 3.8) is 0 Å². The maximum atomic E-state index is 12.2. The average molecular weight is 486 g/mol. The summed E-state index contributed by atoms with van der Waals surface area (Å²) < 4.78 is 7.76. The second kappa shape index (κ2) is 9.92. The van der Waals surface area contributed by atoms with Gasteiger partial charge < -0.3 is 14.6 Å². The molecule has 30 heavy (non-hydrogen) atoms. The molecule has 0 aliphatic heterocycles. The second-order valence-corrected chi connectivity index (χ2v) is 8.72. The van der Waals surface area contributed by atoms with Gasteiger partial charge in [-0.05, 0) is 49.7 Å². The molecule has 158 valence electrons. The van der Waals surface area contributed by atoms with Gasteiger partial charge in [0, 0.05) is 12.7 Å². The topological polar surface area (TPSA) is 69.0 Å². The Bertz CT molecular complexity index is 1070. The highest BCUT2D eigenvalue weighted by Crippen LogP contribution is 2.30. The molecule has 1 amide bonds. The van der Waals surface area contributed by atoms with Gasteiger partial charge in [0.1, 0.15) is 5.75 Å². The van der Waals surface area contributed by atoms with E-state index in [-0.39, 0.29) is 17.8 Å². The number of nitrogens with one attached hydrogen (secondary N) is 1. The average Bonchev–Trinajstić information content (AvgIpc) is 3.06. The fourth-order valence-electron chi connectivity index (χ4n) is 2.65. The van der Waals surface area contributed by atoms with Gasteiger partial charge in [0.05, 0.1) is 20.8 Å². The van der Waals surface area contributed by atoms with Crippen molar-refractivity contribution in [2.45, 2.75) is 25.1 Å². The van der Waals surface area contributed by atoms with E-state index < -0.39 is 0 Å². The lowest BCUT2D eigenvalue weighted by Gasteiger charge is -2.15. The number of carbonyl (C=O) groups excluding carboxylic acids is 1. The molecule has 1 atom stereocenters. The molecule has 0 saturated heterocycles. The van der Waals surface area contributed by atoms with Gasteiger partial charge in [-0.25, -0.2) is 0 Å². The van der Waals surface area contributed by atoms with E-state index in [1.807, 2.05) is 33.0 Å². The lowest BCUT2D eigenvalue weighted by atomic mass is 10.2. The standard InChI is InChI=1S/C20H19Cl3N4O2S/c1-11-4-6-15(22)17(8-11)29-12(2)19-25-26-20(27(19)3)30-10-18(28)24-13-5-7-14(21)16(23)9-13/h4-9,12H,10H2,1-3H3,(H,24,28). The Hall–Kier alpha value is -1.93. The number of carbonyl (C=O) groups is 1. The fraction of sp³-hybridized carbons (Fsp3) is 0.250. The van der Waals surface area contributed by atoms with Crippen LogP contribution in [0.3, 0.4) is 0 Å². The molecular weight excluding hydrogens is 467 g/mol. The summed E-state index contributed by atoms with van der Waals surface area (Å²) in [5.41, 5.74) is 1.62. The van der Waals surface area contributed by atoms with Crippen molar-refractivity contribution in [3.05, 3.63) is 62.9 Å². The van der Waals surface area contributed by atoms with Crippen LogP contribution in [0.15, 0.2) is 41.6 Å². The minimum Gasteiger partial charge on any atom is -0.481 e. The van der Waals surface area contributed by atoms with Crippen molar-refractivity contribution in [2.24, 2.45) is 7.05 Å². The number of aromatic nitrogens is 3. The molecule has 2 aromatic carbocycles.